The number of hydrogen-bond acceptors (Lipinski definition) is 1. The molecule has 0 bridgehead atoms. The fourth-order valence-corrected chi connectivity index (χ4v) is 3.80. The molecule has 0 N–H and O–H groups in total. The van der Waals surface area contributed by atoms with Crippen molar-refractivity contribution in [3.63, 3.8) is 0 Å². The van der Waals surface area contributed by atoms with Crippen molar-refractivity contribution in [2.24, 2.45) is 0 Å². The third kappa shape index (κ3) is 3.49. The molecule has 0 aliphatic heterocycles. The van der Waals surface area contributed by atoms with Gasteiger partial charge in [0.2, 0.25) is 0 Å². The summed E-state index contributed by atoms with van der Waals surface area (Å²) in [7, 11) is 0. The van der Waals surface area contributed by atoms with Gasteiger partial charge in [0, 0.05) is 17.5 Å². The zero-order chi connectivity index (χ0) is 19.9. The van der Waals surface area contributed by atoms with Crippen LogP contribution in [0.4, 0.5) is 17.6 Å². The first-order valence-electron chi connectivity index (χ1n) is 9.15. The van der Waals surface area contributed by atoms with Crippen LogP contribution in [0.15, 0.2) is 54.6 Å². The fourth-order valence-electron chi connectivity index (χ4n) is 3.80. The number of hydrogen-bond donors (Lipinski definition) is 0. The second-order valence-corrected chi connectivity index (χ2v) is 6.94. The third-order valence-corrected chi connectivity index (χ3v) is 5.01. The molecule has 1 nitrogen and oxygen atoms in total. The molecule has 0 spiro atoms. The van der Waals surface area contributed by atoms with Gasteiger partial charge in [-0.1, -0.05) is 55.8 Å². The summed E-state index contributed by atoms with van der Waals surface area (Å²) in [4.78, 5) is 0. The van der Waals surface area contributed by atoms with E-state index < -0.39 is 6.36 Å². The van der Waals surface area contributed by atoms with E-state index in [-0.39, 0.29) is 11.6 Å². The van der Waals surface area contributed by atoms with Gasteiger partial charge in [0.25, 0.3) is 0 Å². The van der Waals surface area contributed by atoms with Gasteiger partial charge in [-0.3, -0.25) is 0 Å². The molecule has 1 aliphatic carbocycles. The average molecular weight is 386 g/mol. The zero-order valence-electron chi connectivity index (χ0n) is 15.2. The smallest absolute Gasteiger partial charge is 0.406 e. The number of ether oxygens (including phenoxy) is 1. The molecule has 0 saturated heterocycles. The molecule has 28 heavy (non-hydrogen) atoms. The Bertz CT molecular complexity index is 1020. The number of fused-ring (bicyclic) bond motifs is 3. The quantitative estimate of drug-likeness (QED) is 0.346. The molecule has 1 aliphatic rings. The SMILES string of the molecule is CCCc1ccc2c(c1)Cc1c-2ccc(-c2ccc(OC(F)(F)F)cc2)c1F. The van der Waals surface area contributed by atoms with E-state index in [1.54, 1.807) is 6.07 Å². The van der Waals surface area contributed by atoms with Crippen LogP contribution in [-0.4, -0.2) is 6.36 Å². The standard InChI is InChI=1S/C23H18F4O/c1-2-3-14-4-9-18-16(12-14)13-21-20(18)11-10-19(22(21)24)15-5-7-17(8-6-15)28-23(25,26)27/h4-12H,2-3,13H2,1H3. The van der Waals surface area contributed by atoms with Gasteiger partial charge in [-0.05, 0) is 46.4 Å². The minimum absolute atomic E-state index is 0.324. The van der Waals surface area contributed by atoms with Crippen molar-refractivity contribution in [3.05, 3.63) is 77.1 Å². The van der Waals surface area contributed by atoms with Crippen LogP contribution in [0.1, 0.15) is 30.0 Å². The van der Waals surface area contributed by atoms with Gasteiger partial charge in [-0.15, -0.1) is 13.2 Å². The highest BCUT2D eigenvalue weighted by Crippen LogP contribution is 2.41. The Balaban J connectivity index is 1.66. The Hall–Kier alpha value is -2.82. The Kier molecular flexibility index (Phi) is 4.61. The van der Waals surface area contributed by atoms with E-state index in [1.165, 1.54) is 29.8 Å². The van der Waals surface area contributed by atoms with Crippen LogP contribution in [0.25, 0.3) is 22.3 Å². The first-order valence-corrected chi connectivity index (χ1v) is 9.15. The van der Waals surface area contributed by atoms with Crippen molar-refractivity contribution in [1.82, 2.24) is 0 Å². The summed E-state index contributed by atoms with van der Waals surface area (Å²) in [5.74, 6) is -0.649. The average Bonchev–Trinajstić information content (AvgIpc) is 3.01. The normalized spacial score (nSPS) is 12.6. The van der Waals surface area contributed by atoms with E-state index in [9.17, 15) is 13.2 Å². The Morgan fingerprint density at radius 3 is 2.25 bits per heavy atom. The number of aryl methyl sites for hydroxylation is 1. The molecule has 144 valence electrons. The summed E-state index contributed by atoms with van der Waals surface area (Å²) in [5.41, 5.74) is 5.82. The number of halogens is 4. The highest BCUT2D eigenvalue weighted by atomic mass is 19.4. The fraction of sp³-hybridized carbons (Fsp3) is 0.217. The zero-order valence-corrected chi connectivity index (χ0v) is 15.2. The Morgan fingerprint density at radius 1 is 0.893 bits per heavy atom. The van der Waals surface area contributed by atoms with E-state index in [2.05, 4.69) is 29.9 Å². The van der Waals surface area contributed by atoms with Crippen molar-refractivity contribution >= 4 is 0 Å². The lowest BCUT2D eigenvalue weighted by atomic mass is 9.98. The van der Waals surface area contributed by atoms with Gasteiger partial charge in [0.1, 0.15) is 11.6 Å². The largest absolute Gasteiger partial charge is 0.573 e. The Labute approximate surface area is 160 Å². The summed E-state index contributed by atoms with van der Waals surface area (Å²) in [6.07, 6.45) is -2.18. The van der Waals surface area contributed by atoms with E-state index in [0.717, 1.165) is 29.5 Å². The first kappa shape index (κ1) is 18.5. The van der Waals surface area contributed by atoms with Crippen molar-refractivity contribution in [1.29, 1.82) is 0 Å². The molecule has 5 heteroatoms. The summed E-state index contributed by atoms with van der Waals surface area (Å²) in [5, 5.41) is 0. The predicted molar refractivity (Wildman–Crippen MR) is 101 cm³/mol. The molecule has 0 aromatic heterocycles. The van der Waals surface area contributed by atoms with Crippen LogP contribution < -0.4 is 4.74 Å². The van der Waals surface area contributed by atoms with E-state index in [4.69, 9.17) is 0 Å². The van der Waals surface area contributed by atoms with E-state index in [0.29, 0.717) is 23.1 Å². The van der Waals surface area contributed by atoms with Crippen molar-refractivity contribution in [2.75, 3.05) is 0 Å². The van der Waals surface area contributed by atoms with Gasteiger partial charge in [0.05, 0.1) is 0 Å². The summed E-state index contributed by atoms with van der Waals surface area (Å²) in [6, 6.07) is 15.1. The predicted octanol–water partition coefficient (Wildman–Crippen LogP) is 6.92. The van der Waals surface area contributed by atoms with Gasteiger partial charge >= 0.3 is 6.36 Å². The molecule has 0 heterocycles. The summed E-state index contributed by atoms with van der Waals surface area (Å²) >= 11 is 0. The lowest BCUT2D eigenvalue weighted by Crippen LogP contribution is -2.16. The van der Waals surface area contributed by atoms with Crippen LogP contribution in [-0.2, 0) is 12.8 Å². The van der Waals surface area contributed by atoms with Gasteiger partial charge < -0.3 is 4.74 Å². The maximum Gasteiger partial charge on any atom is 0.573 e. The molecule has 3 aromatic rings. The van der Waals surface area contributed by atoms with Crippen LogP contribution in [0.2, 0.25) is 0 Å². The summed E-state index contributed by atoms with van der Waals surface area (Å²) in [6.45, 7) is 2.12. The van der Waals surface area contributed by atoms with Crippen molar-refractivity contribution < 1.29 is 22.3 Å². The van der Waals surface area contributed by atoms with Crippen LogP contribution >= 0.6 is 0 Å². The minimum atomic E-state index is -4.75. The van der Waals surface area contributed by atoms with Crippen LogP contribution in [0.3, 0.4) is 0 Å². The molecule has 0 radical (unpaired) electrons. The molecule has 0 unspecified atom stereocenters. The Morgan fingerprint density at radius 2 is 1.57 bits per heavy atom. The van der Waals surface area contributed by atoms with E-state index >= 15 is 4.39 Å². The number of rotatable bonds is 4. The molecule has 0 amide bonds. The highest BCUT2D eigenvalue weighted by molar-refractivity contribution is 5.81. The molecule has 3 aromatic carbocycles. The molecule has 0 atom stereocenters. The molecular weight excluding hydrogens is 368 g/mol. The van der Waals surface area contributed by atoms with Gasteiger partial charge in [0.15, 0.2) is 0 Å². The third-order valence-electron chi connectivity index (χ3n) is 5.01. The molecule has 4 rings (SSSR count). The minimum Gasteiger partial charge on any atom is -0.406 e. The highest BCUT2D eigenvalue weighted by Gasteiger charge is 2.31. The maximum atomic E-state index is 15.2. The first-order chi connectivity index (χ1) is 13.4. The van der Waals surface area contributed by atoms with Crippen LogP contribution in [0, 0.1) is 5.82 Å². The summed E-state index contributed by atoms with van der Waals surface area (Å²) < 4.78 is 56.0. The number of benzene rings is 3. The van der Waals surface area contributed by atoms with Gasteiger partial charge in [-0.2, -0.15) is 0 Å². The van der Waals surface area contributed by atoms with Gasteiger partial charge in [-0.25, -0.2) is 4.39 Å². The molecule has 0 saturated carbocycles. The van der Waals surface area contributed by atoms with E-state index in [1.807, 2.05) is 6.07 Å². The molecular formula is C23H18F4O. The monoisotopic (exact) mass is 386 g/mol. The number of alkyl halides is 3. The second-order valence-electron chi connectivity index (χ2n) is 6.94. The maximum absolute atomic E-state index is 15.2. The van der Waals surface area contributed by atoms with Crippen molar-refractivity contribution in [2.45, 2.75) is 32.5 Å². The second kappa shape index (κ2) is 6.97. The lowest BCUT2D eigenvalue weighted by molar-refractivity contribution is -0.274. The topological polar surface area (TPSA) is 9.23 Å². The lowest BCUT2D eigenvalue weighted by Gasteiger charge is -2.11. The van der Waals surface area contributed by atoms with Crippen LogP contribution in [0.5, 0.6) is 5.75 Å². The molecule has 0 fully saturated rings. The van der Waals surface area contributed by atoms with Crippen molar-refractivity contribution in [3.8, 4) is 28.0 Å².